The summed E-state index contributed by atoms with van der Waals surface area (Å²) in [5.41, 5.74) is 1.91. The third-order valence-corrected chi connectivity index (χ3v) is 6.55. The van der Waals surface area contributed by atoms with Gasteiger partial charge in [-0.25, -0.2) is 0 Å². The van der Waals surface area contributed by atoms with Crippen molar-refractivity contribution in [2.24, 2.45) is 0 Å². The Bertz CT molecular complexity index is 1420. The van der Waals surface area contributed by atoms with Crippen molar-refractivity contribution < 1.29 is 18.0 Å². The minimum absolute atomic E-state index is 0. The van der Waals surface area contributed by atoms with Crippen molar-refractivity contribution in [1.82, 2.24) is 14.8 Å². The second-order valence-corrected chi connectivity index (χ2v) is 10.1. The van der Waals surface area contributed by atoms with Gasteiger partial charge in [-0.05, 0) is 79.8 Å². The van der Waals surface area contributed by atoms with E-state index in [1.165, 1.54) is 12.1 Å². The summed E-state index contributed by atoms with van der Waals surface area (Å²) in [6.45, 7) is 1.15. The first kappa shape index (κ1) is 29.8. The summed E-state index contributed by atoms with van der Waals surface area (Å²) in [4.78, 5) is 14.7. The Morgan fingerprint density at radius 1 is 0.947 bits per heavy atom. The van der Waals surface area contributed by atoms with Gasteiger partial charge in [-0.3, -0.25) is 4.79 Å². The van der Waals surface area contributed by atoms with Crippen LogP contribution in [0.1, 0.15) is 15.9 Å². The monoisotopic (exact) mass is 625 g/mol. The standard InChI is InChI=1S/C28H24BrClF3N3O.ClH/c1-35(2)15-14-34-27(37)20-5-3-4-19(16-20)25-13-12-24(18-6-8-21(29)9-7-18)36(25)26-11-10-22(30)17-23(26)28(31,32)33;/h3-13,16-17H,14-15H2,1-2H3,(H,34,37);1H. The Morgan fingerprint density at radius 3 is 2.24 bits per heavy atom. The summed E-state index contributed by atoms with van der Waals surface area (Å²) in [6.07, 6.45) is -4.63. The van der Waals surface area contributed by atoms with Crippen molar-refractivity contribution in [3.05, 3.63) is 99.5 Å². The Morgan fingerprint density at radius 2 is 1.61 bits per heavy atom. The summed E-state index contributed by atoms with van der Waals surface area (Å²) >= 11 is 9.38. The van der Waals surface area contributed by atoms with Crippen LogP contribution in [0.4, 0.5) is 13.2 Å². The number of hydrogen-bond donors (Lipinski definition) is 1. The fourth-order valence-corrected chi connectivity index (χ4v) is 4.45. The van der Waals surface area contributed by atoms with Crippen LogP contribution < -0.4 is 5.32 Å². The first-order chi connectivity index (χ1) is 17.5. The van der Waals surface area contributed by atoms with Crippen LogP contribution >= 0.6 is 39.9 Å². The number of likely N-dealkylation sites (N-methyl/N-ethyl adjacent to an activating group) is 1. The molecule has 1 heterocycles. The molecule has 0 saturated heterocycles. The molecule has 200 valence electrons. The molecule has 4 rings (SSSR count). The smallest absolute Gasteiger partial charge is 0.351 e. The Kier molecular flexibility index (Phi) is 9.70. The molecule has 3 aromatic carbocycles. The van der Waals surface area contributed by atoms with E-state index in [0.717, 1.165) is 16.1 Å². The number of carbonyl (C=O) groups is 1. The summed E-state index contributed by atoms with van der Waals surface area (Å²) in [6, 6.07) is 21.5. The van der Waals surface area contributed by atoms with Crippen LogP contribution in [0, 0.1) is 0 Å². The second kappa shape index (κ2) is 12.4. The summed E-state index contributed by atoms with van der Waals surface area (Å²) in [5.74, 6) is -0.252. The molecule has 1 aromatic heterocycles. The van der Waals surface area contributed by atoms with Crippen LogP contribution in [0.5, 0.6) is 0 Å². The van der Waals surface area contributed by atoms with Crippen LogP contribution in [-0.4, -0.2) is 42.6 Å². The second-order valence-electron chi connectivity index (χ2n) is 8.75. The van der Waals surface area contributed by atoms with E-state index in [-0.39, 0.29) is 29.0 Å². The zero-order valence-corrected chi connectivity index (χ0v) is 23.7. The van der Waals surface area contributed by atoms with E-state index in [1.54, 1.807) is 41.0 Å². The number of halogens is 6. The van der Waals surface area contributed by atoms with E-state index in [4.69, 9.17) is 11.6 Å². The Balaban J connectivity index is 0.00000400. The highest BCUT2D eigenvalue weighted by Crippen LogP contribution is 2.40. The predicted octanol–water partition coefficient (Wildman–Crippen LogP) is 7.96. The minimum atomic E-state index is -4.63. The van der Waals surface area contributed by atoms with Gasteiger partial charge in [0.15, 0.2) is 0 Å². The molecule has 0 radical (unpaired) electrons. The van der Waals surface area contributed by atoms with Crippen LogP contribution in [-0.2, 0) is 6.18 Å². The molecule has 0 aliphatic rings. The number of nitrogens with zero attached hydrogens (tertiary/aromatic N) is 2. The van der Waals surface area contributed by atoms with Crippen molar-refractivity contribution in [3.63, 3.8) is 0 Å². The maximum absolute atomic E-state index is 14.2. The van der Waals surface area contributed by atoms with Crippen molar-refractivity contribution in [2.75, 3.05) is 27.2 Å². The average Bonchev–Trinajstić information content (AvgIpc) is 3.29. The molecule has 38 heavy (non-hydrogen) atoms. The fraction of sp³-hybridized carbons (Fsp3) is 0.179. The number of rotatable bonds is 7. The van der Waals surface area contributed by atoms with Crippen molar-refractivity contribution in [3.8, 4) is 28.2 Å². The molecular formula is C28H25BrCl2F3N3O. The van der Waals surface area contributed by atoms with Gasteiger partial charge in [-0.1, -0.05) is 51.8 Å². The van der Waals surface area contributed by atoms with Gasteiger partial charge in [-0.2, -0.15) is 13.2 Å². The van der Waals surface area contributed by atoms with Crippen LogP contribution in [0.15, 0.2) is 83.3 Å². The first-order valence-electron chi connectivity index (χ1n) is 11.4. The van der Waals surface area contributed by atoms with Gasteiger partial charge in [0.2, 0.25) is 0 Å². The third kappa shape index (κ3) is 6.80. The lowest BCUT2D eigenvalue weighted by atomic mass is 10.1. The lowest BCUT2D eigenvalue weighted by molar-refractivity contribution is -0.137. The largest absolute Gasteiger partial charge is 0.418 e. The van der Waals surface area contributed by atoms with E-state index in [2.05, 4.69) is 21.2 Å². The van der Waals surface area contributed by atoms with Crippen LogP contribution in [0.2, 0.25) is 5.02 Å². The highest BCUT2D eigenvalue weighted by atomic mass is 79.9. The van der Waals surface area contributed by atoms with Gasteiger partial charge < -0.3 is 14.8 Å². The van der Waals surface area contributed by atoms with E-state index < -0.39 is 11.7 Å². The highest BCUT2D eigenvalue weighted by molar-refractivity contribution is 9.10. The Labute approximate surface area is 239 Å². The molecule has 0 aliphatic carbocycles. The van der Waals surface area contributed by atoms with Crippen molar-refractivity contribution in [1.29, 1.82) is 0 Å². The van der Waals surface area contributed by atoms with Gasteiger partial charge in [0.25, 0.3) is 5.91 Å². The molecule has 10 heteroatoms. The molecule has 1 amide bonds. The zero-order chi connectivity index (χ0) is 26.7. The van der Waals surface area contributed by atoms with Crippen LogP contribution in [0.3, 0.4) is 0 Å². The van der Waals surface area contributed by atoms with Gasteiger partial charge in [-0.15, -0.1) is 12.4 Å². The maximum atomic E-state index is 14.2. The van der Waals surface area contributed by atoms with Gasteiger partial charge in [0.1, 0.15) is 0 Å². The molecule has 0 aliphatic heterocycles. The van der Waals surface area contributed by atoms with Gasteiger partial charge >= 0.3 is 6.18 Å². The maximum Gasteiger partial charge on any atom is 0.418 e. The summed E-state index contributed by atoms with van der Waals surface area (Å²) in [7, 11) is 3.83. The molecule has 0 saturated carbocycles. The van der Waals surface area contributed by atoms with E-state index in [0.29, 0.717) is 35.6 Å². The number of benzene rings is 3. The summed E-state index contributed by atoms with van der Waals surface area (Å²) < 4.78 is 44.9. The van der Waals surface area contributed by atoms with Crippen molar-refractivity contribution in [2.45, 2.75) is 6.18 Å². The van der Waals surface area contributed by atoms with E-state index >= 15 is 0 Å². The lowest BCUT2D eigenvalue weighted by Gasteiger charge is -2.20. The zero-order valence-electron chi connectivity index (χ0n) is 20.5. The molecule has 0 bridgehead atoms. The molecular weight excluding hydrogens is 602 g/mol. The highest BCUT2D eigenvalue weighted by Gasteiger charge is 2.35. The number of hydrogen-bond acceptors (Lipinski definition) is 2. The van der Waals surface area contributed by atoms with Gasteiger partial charge in [0.05, 0.1) is 22.6 Å². The molecule has 0 atom stereocenters. The topological polar surface area (TPSA) is 37.3 Å². The quantitative estimate of drug-likeness (QED) is 0.226. The molecule has 4 aromatic rings. The van der Waals surface area contributed by atoms with Crippen LogP contribution in [0.25, 0.3) is 28.2 Å². The number of nitrogens with one attached hydrogen (secondary N) is 1. The number of carbonyl (C=O) groups excluding carboxylic acids is 1. The molecule has 4 nitrogen and oxygen atoms in total. The predicted molar refractivity (Wildman–Crippen MR) is 152 cm³/mol. The SMILES string of the molecule is CN(C)CCNC(=O)c1cccc(-c2ccc(-c3ccc(Br)cc3)n2-c2ccc(Cl)cc2C(F)(F)F)c1.Cl. The molecule has 0 fully saturated rings. The molecule has 0 spiro atoms. The minimum Gasteiger partial charge on any atom is -0.351 e. The summed E-state index contributed by atoms with van der Waals surface area (Å²) in [5, 5.41) is 2.86. The Hall–Kier alpha value is -2.78. The number of alkyl halides is 3. The lowest BCUT2D eigenvalue weighted by Crippen LogP contribution is -2.31. The number of amides is 1. The fourth-order valence-electron chi connectivity index (χ4n) is 4.01. The van der Waals surface area contributed by atoms with E-state index in [9.17, 15) is 18.0 Å². The normalized spacial score (nSPS) is 11.4. The van der Waals surface area contributed by atoms with Crippen molar-refractivity contribution >= 4 is 45.8 Å². The van der Waals surface area contributed by atoms with Gasteiger partial charge in [0, 0.05) is 28.1 Å². The average molecular weight is 627 g/mol. The van der Waals surface area contributed by atoms with E-state index in [1.807, 2.05) is 43.3 Å². The first-order valence-corrected chi connectivity index (χ1v) is 12.6. The molecule has 1 N–H and O–H groups in total. The molecule has 0 unspecified atom stereocenters. The number of aromatic nitrogens is 1. The third-order valence-electron chi connectivity index (χ3n) is 5.79.